The molecule has 2 N–H and O–H groups in total. The van der Waals surface area contributed by atoms with Crippen LogP contribution in [0.1, 0.15) is 46.0 Å². The zero-order chi connectivity index (χ0) is 11.1. The van der Waals surface area contributed by atoms with Crippen LogP contribution in [0.15, 0.2) is 0 Å². The lowest BCUT2D eigenvalue weighted by Crippen LogP contribution is -2.43. The summed E-state index contributed by atoms with van der Waals surface area (Å²) in [5, 5.41) is 6.13. The second-order valence-electron chi connectivity index (χ2n) is 4.53. The van der Waals surface area contributed by atoms with E-state index in [0.29, 0.717) is 18.5 Å². The molecule has 1 atom stereocenters. The lowest BCUT2D eigenvalue weighted by molar-refractivity contribution is -0.121. The van der Waals surface area contributed by atoms with E-state index in [4.69, 9.17) is 0 Å². The summed E-state index contributed by atoms with van der Waals surface area (Å²) < 4.78 is 0. The molecule has 1 rings (SSSR count). The van der Waals surface area contributed by atoms with Gasteiger partial charge in [-0.1, -0.05) is 26.2 Å². The van der Waals surface area contributed by atoms with E-state index in [9.17, 15) is 4.79 Å². The molecule has 0 aromatic rings. The van der Waals surface area contributed by atoms with Crippen molar-refractivity contribution in [3.63, 3.8) is 0 Å². The van der Waals surface area contributed by atoms with Crippen LogP contribution in [0.3, 0.4) is 0 Å². The molecule has 3 nitrogen and oxygen atoms in total. The van der Waals surface area contributed by atoms with Gasteiger partial charge in [0.1, 0.15) is 0 Å². The van der Waals surface area contributed by atoms with Gasteiger partial charge in [-0.25, -0.2) is 0 Å². The number of nitrogens with one attached hydrogen (secondary N) is 2. The number of hydrogen-bond acceptors (Lipinski definition) is 2. The minimum absolute atomic E-state index is 0.134. The summed E-state index contributed by atoms with van der Waals surface area (Å²) in [4.78, 5) is 11.5. The van der Waals surface area contributed by atoms with Crippen LogP contribution in [0.2, 0.25) is 0 Å². The first-order valence-corrected chi connectivity index (χ1v) is 6.24. The fourth-order valence-corrected chi connectivity index (χ4v) is 2.30. The number of amides is 1. The third-order valence-corrected chi connectivity index (χ3v) is 3.28. The van der Waals surface area contributed by atoms with Gasteiger partial charge in [0.25, 0.3) is 0 Å². The van der Waals surface area contributed by atoms with E-state index >= 15 is 0 Å². The Labute approximate surface area is 93.0 Å². The topological polar surface area (TPSA) is 41.1 Å². The summed E-state index contributed by atoms with van der Waals surface area (Å²) in [6.07, 6.45) is 6.59. The Balaban J connectivity index is 2.21. The lowest BCUT2D eigenvalue weighted by Gasteiger charge is -2.28. The van der Waals surface area contributed by atoms with Crippen molar-refractivity contribution in [2.75, 3.05) is 13.1 Å². The molecule has 0 saturated heterocycles. The molecule has 1 aliphatic rings. The predicted molar refractivity (Wildman–Crippen MR) is 62.7 cm³/mol. The van der Waals surface area contributed by atoms with Gasteiger partial charge in [0.2, 0.25) is 5.91 Å². The maximum atomic E-state index is 11.5. The summed E-state index contributed by atoms with van der Waals surface area (Å²) in [6.45, 7) is 5.45. The van der Waals surface area contributed by atoms with E-state index in [1.165, 1.54) is 32.1 Å². The first kappa shape index (κ1) is 12.5. The minimum atomic E-state index is 0.134. The number of carbonyl (C=O) groups excluding carboxylic acids is 1. The minimum Gasteiger partial charge on any atom is -0.352 e. The SMILES string of the molecule is CCNCC(=O)NC(C)C1CCCCC1. The van der Waals surface area contributed by atoms with Crippen LogP contribution in [-0.4, -0.2) is 25.0 Å². The Hall–Kier alpha value is -0.570. The van der Waals surface area contributed by atoms with E-state index in [-0.39, 0.29) is 5.91 Å². The normalized spacial score (nSPS) is 19.9. The summed E-state index contributed by atoms with van der Waals surface area (Å²) in [5.41, 5.74) is 0. The first-order chi connectivity index (χ1) is 7.24. The smallest absolute Gasteiger partial charge is 0.234 e. The molecule has 0 spiro atoms. The van der Waals surface area contributed by atoms with E-state index in [2.05, 4.69) is 17.6 Å². The molecular weight excluding hydrogens is 188 g/mol. The molecular formula is C12H24N2O. The quantitative estimate of drug-likeness (QED) is 0.728. The fourth-order valence-electron chi connectivity index (χ4n) is 2.30. The van der Waals surface area contributed by atoms with Crippen molar-refractivity contribution in [3.05, 3.63) is 0 Å². The van der Waals surface area contributed by atoms with Gasteiger partial charge < -0.3 is 10.6 Å². The monoisotopic (exact) mass is 212 g/mol. The van der Waals surface area contributed by atoms with Crippen LogP contribution < -0.4 is 10.6 Å². The Morgan fingerprint density at radius 1 is 1.33 bits per heavy atom. The Morgan fingerprint density at radius 3 is 2.60 bits per heavy atom. The molecule has 15 heavy (non-hydrogen) atoms. The van der Waals surface area contributed by atoms with Crippen molar-refractivity contribution in [1.82, 2.24) is 10.6 Å². The van der Waals surface area contributed by atoms with Gasteiger partial charge in [0, 0.05) is 6.04 Å². The molecule has 1 amide bonds. The van der Waals surface area contributed by atoms with Crippen LogP contribution in [0.5, 0.6) is 0 Å². The second kappa shape index (κ2) is 6.83. The zero-order valence-corrected chi connectivity index (χ0v) is 10.0. The lowest BCUT2D eigenvalue weighted by atomic mass is 9.84. The van der Waals surface area contributed by atoms with Crippen LogP contribution in [0, 0.1) is 5.92 Å². The Kier molecular flexibility index (Phi) is 5.69. The van der Waals surface area contributed by atoms with Gasteiger partial charge in [-0.2, -0.15) is 0 Å². The Morgan fingerprint density at radius 2 is 2.00 bits per heavy atom. The largest absolute Gasteiger partial charge is 0.352 e. The van der Waals surface area contributed by atoms with Crippen LogP contribution in [0.25, 0.3) is 0 Å². The highest BCUT2D eigenvalue weighted by Gasteiger charge is 2.20. The summed E-state index contributed by atoms with van der Waals surface area (Å²) in [6, 6.07) is 0.344. The molecule has 1 aliphatic carbocycles. The van der Waals surface area contributed by atoms with E-state index < -0.39 is 0 Å². The molecule has 88 valence electrons. The maximum absolute atomic E-state index is 11.5. The molecule has 0 aromatic carbocycles. The van der Waals surface area contributed by atoms with E-state index in [1.807, 2.05) is 6.92 Å². The zero-order valence-electron chi connectivity index (χ0n) is 10.0. The van der Waals surface area contributed by atoms with Gasteiger partial charge >= 0.3 is 0 Å². The summed E-state index contributed by atoms with van der Waals surface area (Å²) in [5.74, 6) is 0.833. The molecule has 3 heteroatoms. The van der Waals surface area contributed by atoms with Gasteiger partial charge in [-0.3, -0.25) is 4.79 Å². The number of hydrogen-bond donors (Lipinski definition) is 2. The average molecular weight is 212 g/mol. The molecule has 1 unspecified atom stereocenters. The molecule has 1 saturated carbocycles. The average Bonchev–Trinajstić information content (AvgIpc) is 2.27. The highest BCUT2D eigenvalue weighted by atomic mass is 16.1. The predicted octanol–water partition coefficient (Wildman–Crippen LogP) is 1.68. The highest BCUT2D eigenvalue weighted by Crippen LogP contribution is 2.26. The van der Waals surface area contributed by atoms with Crippen molar-refractivity contribution in [2.24, 2.45) is 5.92 Å². The van der Waals surface area contributed by atoms with E-state index in [0.717, 1.165) is 6.54 Å². The molecule has 0 radical (unpaired) electrons. The van der Waals surface area contributed by atoms with Gasteiger partial charge in [-0.05, 0) is 32.2 Å². The van der Waals surface area contributed by atoms with Gasteiger partial charge in [-0.15, -0.1) is 0 Å². The van der Waals surface area contributed by atoms with Crippen molar-refractivity contribution >= 4 is 5.91 Å². The van der Waals surface area contributed by atoms with E-state index in [1.54, 1.807) is 0 Å². The third kappa shape index (κ3) is 4.65. The Bertz CT molecular complexity index is 188. The number of carbonyl (C=O) groups is 1. The standard InChI is InChI=1S/C12H24N2O/c1-3-13-9-12(15)14-10(2)11-7-5-4-6-8-11/h10-11,13H,3-9H2,1-2H3,(H,14,15). The highest BCUT2D eigenvalue weighted by molar-refractivity contribution is 5.78. The van der Waals surface area contributed by atoms with Crippen LogP contribution in [0.4, 0.5) is 0 Å². The molecule has 0 aliphatic heterocycles. The summed E-state index contributed by atoms with van der Waals surface area (Å²) in [7, 11) is 0. The molecule has 0 aromatic heterocycles. The fraction of sp³-hybridized carbons (Fsp3) is 0.917. The van der Waals surface area contributed by atoms with Crippen molar-refractivity contribution in [1.29, 1.82) is 0 Å². The molecule has 0 bridgehead atoms. The number of likely N-dealkylation sites (N-methyl/N-ethyl adjacent to an activating group) is 1. The van der Waals surface area contributed by atoms with Crippen LogP contribution >= 0.6 is 0 Å². The third-order valence-electron chi connectivity index (χ3n) is 3.28. The number of rotatable bonds is 5. The van der Waals surface area contributed by atoms with Crippen molar-refractivity contribution in [2.45, 2.75) is 52.0 Å². The van der Waals surface area contributed by atoms with Gasteiger partial charge in [0.05, 0.1) is 6.54 Å². The maximum Gasteiger partial charge on any atom is 0.234 e. The van der Waals surface area contributed by atoms with Gasteiger partial charge in [0.15, 0.2) is 0 Å². The van der Waals surface area contributed by atoms with Crippen molar-refractivity contribution in [3.8, 4) is 0 Å². The molecule has 0 heterocycles. The first-order valence-electron chi connectivity index (χ1n) is 6.24. The second-order valence-corrected chi connectivity index (χ2v) is 4.53. The molecule has 1 fully saturated rings. The van der Waals surface area contributed by atoms with Crippen LogP contribution in [-0.2, 0) is 4.79 Å². The summed E-state index contributed by atoms with van der Waals surface area (Å²) >= 11 is 0. The van der Waals surface area contributed by atoms with Crippen molar-refractivity contribution < 1.29 is 4.79 Å².